The standard InChI is InChI=1S/C21H27NO4/c1-4-20(16-7-9-17(24-2)10-8-16)22-21(23)6-5-15-26-19-13-11-18(25-3)12-14-19/h7-14,20H,4-6,15H2,1-3H3,(H,22,23). The highest BCUT2D eigenvalue weighted by Gasteiger charge is 2.12. The van der Waals surface area contributed by atoms with Gasteiger partial charge < -0.3 is 19.5 Å². The molecule has 0 spiro atoms. The molecule has 1 atom stereocenters. The summed E-state index contributed by atoms with van der Waals surface area (Å²) >= 11 is 0. The van der Waals surface area contributed by atoms with Gasteiger partial charge in [0, 0.05) is 6.42 Å². The zero-order valence-electron chi connectivity index (χ0n) is 15.7. The fraction of sp³-hybridized carbons (Fsp3) is 0.381. The van der Waals surface area contributed by atoms with Crippen molar-refractivity contribution in [1.82, 2.24) is 5.32 Å². The lowest BCUT2D eigenvalue weighted by atomic mass is 10.0. The number of rotatable bonds is 10. The first-order chi connectivity index (χ1) is 12.7. The lowest BCUT2D eigenvalue weighted by Gasteiger charge is -2.18. The number of methoxy groups -OCH3 is 2. The van der Waals surface area contributed by atoms with Crippen LogP contribution in [0.4, 0.5) is 0 Å². The number of carbonyl (C=O) groups excluding carboxylic acids is 1. The van der Waals surface area contributed by atoms with Gasteiger partial charge in [-0.3, -0.25) is 4.79 Å². The minimum absolute atomic E-state index is 0.0101. The van der Waals surface area contributed by atoms with Crippen LogP contribution >= 0.6 is 0 Å². The Hall–Kier alpha value is -2.69. The van der Waals surface area contributed by atoms with Crippen LogP contribution in [0.3, 0.4) is 0 Å². The van der Waals surface area contributed by atoms with Gasteiger partial charge in [0.2, 0.25) is 5.91 Å². The van der Waals surface area contributed by atoms with Gasteiger partial charge in [0.25, 0.3) is 0 Å². The largest absolute Gasteiger partial charge is 0.497 e. The molecular weight excluding hydrogens is 330 g/mol. The summed E-state index contributed by atoms with van der Waals surface area (Å²) in [6, 6.07) is 15.2. The lowest BCUT2D eigenvalue weighted by molar-refractivity contribution is -0.122. The second-order valence-corrected chi connectivity index (χ2v) is 5.93. The molecule has 26 heavy (non-hydrogen) atoms. The van der Waals surface area contributed by atoms with Crippen LogP contribution in [-0.4, -0.2) is 26.7 Å². The fourth-order valence-electron chi connectivity index (χ4n) is 2.62. The van der Waals surface area contributed by atoms with E-state index >= 15 is 0 Å². The van der Waals surface area contributed by atoms with Gasteiger partial charge in [-0.1, -0.05) is 19.1 Å². The molecule has 0 aliphatic heterocycles. The van der Waals surface area contributed by atoms with Crippen molar-refractivity contribution in [2.75, 3.05) is 20.8 Å². The number of hydrogen-bond acceptors (Lipinski definition) is 4. The normalized spacial score (nSPS) is 11.5. The predicted octanol–water partition coefficient (Wildman–Crippen LogP) is 4.13. The second kappa shape index (κ2) is 10.3. The molecule has 0 aliphatic rings. The highest BCUT2D eigenvalue weighted by molar-refractivity contribution is 5.76. The van der Waals surface area contributed by atoms with E-state index in [0.717, 1.165) is 29.2 Å². The molecule has 2 aromatic carbocycles. The van der Waals surface area contributed by atoms with E-state index in [0.29, 0.717) is 19.4 Å². The summed E-state index contributed by atoms with van der Waals surface area (Å²) in [5.74, 6) is 2.41. The van der Waals surface area contributed by atoms with Crippen LogP contribution in [0.25, 0.3) is 0 Å². The van der Waals surface area contributed by atoms with Crippen molar-refractivity contribution in [3.63, 3.8) is 0 Å². The van der Waals surface area contributed by atoms with E-state index in [1.807, 2.05) is 48.5 Å². The van der Waals surface area contributed by atoms with Gasteiger partial charge in [-0.2, -0.15) is 0 Å². The maximum atomic E-state index is 12.2. The Morgan fingerprint density at radius 1 is 0.923 bits per heavy atom. The van der Waals surface area contributed by atoms with E-state index in [4.69, 9.17) is 14.2 Å². The lowest BCUT2D eigenvalue weighted by Crippen LogP contribution is -2.28. The maximum absolute atomic E-state index is 12.2. The summed E-state index contributed by atoms with van der Waals surface area (Å²) in [6.45, 7) is 2.56. The first-order valence-corrected chi connectivity index (χ1v) is 8.86. The average Bonchev–Trinajstić information content (AvgIpc) is 2.70. The summed E-state index contributed by atoms with van der Waals surface area (Å²) in [7, 11) is 3.27. The molecule has 2 aromatic rings. The Balaban J connectivity index is 1.73. The van der Waals surface area contributed by atoms with E-state index in [9.17, 15) is 4.79 Å². The third-order valence-corrected chi connectivity index (χ3v) is 4.14. The van der Waals surface area contributed by atoms with Gasteiger partial charge in [-0.05, 0) is 54.8 Å². The summed E-state index contributed by atoms with van der Waals surface area (Å²) in [5.41, 5.74) is 1.08. The number of benzene rings is 2. The Bertz CT molecular complexity index is 667. The predicted molar refractivity (Wildman–Crippen MR) is 102 cm³/mol. The smallest absolute Gasteiger partial charge is 0.220 e. The molecule has 0 aliphatic carbocycles. The molecule has 2 rings (SSSR count). The van der Waals surface area contributed by atoms with E-state index in [2.05, 4.69) is 12.2 Å². The molecule has 5 nitrogen and oxygen atoms in total. The van der Waals surface area contributed by atoms with Crippen molar-refractivity contribution in [1.29, 1.82) is 0 Å². The minimum atomic E-state index is 0.0101. The van der Waals surface area contributed by atoms with E-state index in [1.165, 1.54) is 0 Å². The highest BCUT2D eigenvalue weighted by atomic mass is 16.5. The summed E-state index contributed by atoms with van der Waals surface area (Å²) < 4.78 is 15.9. The third-order valence-electron chi connectivity index (χ3n) is 4.14. The Morgan fingerprint density at radius 2 is 1.46 bits per heavy atom. The molecule has 0 saturated heterocycles. The Labute approximate surface area is 155 Å². The number of nitrogens with one attached hydrogen (secondary N) is 1. The van der Waals surface area contributed by atoms with Crippen molar-refractivity contribution in [2.24, 2.45) is 0 Å². The van der Waals surface area contributed by atoms with E-state index in [-0.39, 0.29) is 11.9 Å². The van der Waals surface area contributed by atoms with E-state index < -0.39 is 0 Å². The molecule has 140 valence electrons. The molecule has 0 heterocycles. The quantitative estimate of drug-likeness (QED) is 0.650. The zero-order chi connectivity index (χ0) is 18.8. The minimum Gasteiger partial charge on any atom is -0.497 e. The SMILES string of the molecule is CCC(NC(=O)CCCOc1ccc(OC)cc1)c1ccc(OC)cc1. The molecule has 1 N–H and O–H groups in total. The van der Waals surface area contributed by atoms with Crippen molar-refractivity contribution in [3.8, 4) is 17.2 Å². The Kier molecular flexibility index (Phi) is 7.80. The van der Waals surface area contributed by atoms with Crippen LogP contribution in [0.2, 0.25) is 0 Å². The Morgan fingerprint density at radius 3 is 2.00 bits per heavy atom. The highest BCUT2D eigenvalue weighted by Crippen LogP contribution is 2.20. The summed E-state index contributed by atoms with van der Waals surface area (Å²) in [6.07, 6.45) is 1.93. The number of ether oxygens (including phenoxy) is 3. The first kappa shape index (κ1) is 19.6. The maximum Gasteiger partial charge on any atom is 0.220 e. The van der Waals surface area contributed by atoms with Crippen LogP contribution in [-0.2, 0) is 4.79 Å². The second-order valence-electron chi connectivity index (χ2n) is 5.93. The van der Waals surface area contributed by atoms with Gasteiger partial charge >= 0.3 is 0 Å². The molecule has 1 amide bonds. The summed E-state index contributed by atoms with van der Waals surface area (Å²) in [5, 5.41) is 3.08. The van der Waals surface area contributed by atoms with Gasteiger partial charge in [-0.25, -0.2) is 0 Å². The van der Waals surface area contributed by atoms with Crippen LogP contribution in [0.1, 0.15) is 37.8 Å². The molecule has 0 saturated carbocycles. The van der Waals surface area contributed by atoms with E-state index in [1.54, 1.807) is 14.2 Å². The monoisotopic (exact) mass is 357 g/mol. The molecule has 0 fully saturated rings. The molecule has 0 aromatic heterocycles. The molecule has 5 heteroatoms. The van der Waals surface area contributed by atoms with Gasteiger partial charge in [0.05, 0.1) is 26.9 Å². The number of amides is 1. The molecule has 0 bridgehead atoms. The number of carbonyl (C=O) groups is 1. The first-order valence-electron chi connectivity index (χ1n) is 8.86. The van der Waals surface area contributed by atoms with Crippen LogP contribution in [0.15, 0.2) is 48.5 Å². The fourth-order valence-corrected chi connectivity index (χ4v) is 2.62. The van der Waals surface area contributed by atoms with Gasteiger partial charge in [0.15, 0.2) is 0 Å². The van der Waals surface area contributed by atoms with Crippen molar-refractivity contribution < 1.29 is 19.0 Å². The third kappa shape index (κ3) is 5.99. The average molecular weight is 357 g/mol. The number of hydrogen-bond donors (Lipinski definition) is 1. The van der Waals surface area contributed by atoms with Crippen LogP contribution in [0, 0.1) is 0 Å². The topological polar surface area (TPSA) is 56.8 Å². The van der Waals surface area contributed by atoms with Crippen molar-refractivity contribution >= 4 is 5.91 Å². The molecular formula is C21H27NO4. The molecule has 0 radical (unpaired) electrons. The van der Waals surface area contributed by atoms with Crippen LogP contribution < -0.4 is 19.5 Å². The molecule has 1 unspecified atom stereocenters. The van der Waals surface area contributed by atoms with Crippen LogP contribution in [0.5, 0.6) is 17.2 Å². The zero-order valence-corrected chi connectivity index (χ0v) is 15.7. The summed E-state index contributed by atoms with van der Waals surface area (Å²) in [4.78, 5) is 12.2. The van der Waals surface area contributed by atoms with Crippen molar-refractivity contribution in [3.05, 3.63) is 54.1 Å². The van der Waals surface area contributed by atoms with Gasteiger partial charge in [-0.15, -0.1) is 0 Å². The van der Waals surface area contributed by atoms with Gasteiger partial charge in [0.1, 0.15) is 17.2 Å². The van der Waals surface area contributed by atoms with Crippen molar-refractivity contribution in [2.45, 2.75) is 32.2 Å².